The molecule has 1 saturated carbocycles. The van der Waals surface area contributed by atoms with E-state index >= 15 is 4.39 Å². The molecule has 3 heterocycles. The van der Waals surface area contributed by atoms with Gasteiger partial charge in [-0.3, -0.25) is 9.89 Å². The van der Waals surface area contributed by atoms with Gasteiger partial charge in [-0.25, -0.2) is 13.8 Å². The lowest BCUT2D eigenvalue weighted by molar-refractivity contribution is -0.117. The Balaban J connectivity index is 1.58. The van der Waals surface area contributed by atoms with Crippen LogP contribution >= 0.6 is 0 Å². The Morgan fingerprint density at radius 2 is 2.16 bits per heavy atom. The van der Waals surface area contributed by atoms with Gasteiger partial charge in [0.15, 0.2) is 11.6 Å². The third-order valence-corrected chi connectivity index (χ3v) is 5.95. The molecule has 160 valence electrons. The fourth-order valence-corrected chi connectivity index (χ4v) is 4.00. The van der Waals surface area contributed by atoms with Gasteiger partial charge in [0.2, 0.25) is 5.91 Å². The summed E-state index contributed by atoms with van der Waals surface area (Å²) in [5.74, 6) is -0.873. The van der Waals surface area contributed by atoms with Gasteiger partial charge >= 0.3 is 0 Å². The summed E-state index contributed by atoms with van der Waals surface area (Å²) in [6.45, 7) is 4.38. The third kappa shape index (κ3) is 3.11. The zero-order valence-electron chi connectivity index (χ0n) is 17.4. The molecular formula is C22H22F2N6O. The highest BCUT2D eigenvalue weighted by Gasteiger charge is 2.43. The highest BCUT2D eigenvalue weighted by molar-refractivity contribution is 6.03. The maximum Gasteiger partial charge on any atom is 0.231 e. The highest BCUT2D eigenvalue weighted by atomic mass is 19.1. The molecule has 1 amide bonds. The van der Waals surface area contributed by atoms with E-state index in [-0.39, 0.29) is 18.1 Å². The number of carbonyl (C=O) groups is 1. The van der Waals surface area contributed by atoms with E-state index in [1.165, 1.54) is 0 Å². The fourth-order valence-electron chi connectivity index (χ4n) is 4.00. The lowest BCUT2D eigenvalue weighted by atomic mass is 9.96. The highest BCUT2D eigenvalue weighted by Crippen LogP contribution is 2.39. The van der Waals surface area contributed by atoms with Crippen molar-refractivity contribution in [2.24, 2.45) is 5.92 Å². The standard InChI is InChI=1S/C22H22F2N6O/c1-4-29(3)21-19(24)11(2)18(14-8-25-28-20(14)21)12-5-6-17-26-16(10-30(17)9-12)27-22(31)13-7-15(13)23/h5-6,8-10,13,15H,4,7H2,1-3H3,(H,25,28)(H,27,31). The average Bonchev–Trinajstić information content (AvgIpc) is 3.12. The number of benzene rings is 1. The maximum atomic E-state index is 15.4. The molecule has 0 saturated heterocycles. The van der Waals surface area contributed by atoms with Crippen molar-refractivity contribution in [3.63, 3.8) is 0 Å². The van der Waals surface area contributed by atoms with Crippen molar-refractivity contribution >= 4 is 34.0 Å². The van der Waals surface area contributed by atoms with Crippen molar-refractivity contribution in [3.8, 4) is 11.1 Å². The number of aromatic amines is 1. The van der Waals surface area contributed by atoms with E-state index in [9.17, 15) is 9.18 Å². The number of hydrogen-bond acceptors (Lipinski definition) is 4. The Morgan fingerprint density at radius 1 is 1.39 bits per heavy atom. The Morgan fingerprint density at radius 3 is 2.87 bits per heavy atom. The quantitative estimate of drug-likeness (QED) is 0.506. The third-order valence-electron chi connectivity index (χ3n) is 5.95. The first-order valence-electron chi connectivity index (χ1n) is 10.2. The molecule has 1 aromatic carbocycles. The van der Waals surface area contributed by atoms with Crippen LogP contribution in [0.3, 0.4) is 0 Å². The van der Waals surface area contributed by atoms with E-state index in [0.717, 1.165) is 16.5 Å². The molecule has 3 aromatic heterocycles. The number of rotatable bonds is 5. The number of nitrogens with zero attached hydrogens (tertiary/aromatic N) is 4. The lowest BCUT2D eigenvalue weighted by Gasteiger charge is -2.21. The number of anilines is 2. The smallest absolute Gasteiger partial charge is 0.231 e. The molecule has 2 unspecified atom stereocenters. The van der Waals surface area contributed by atoms with Crippen LogP contribution in [0.15, 0.2) is 30.7 Å². The Hall–Kier alpha value is -3.49. The van der Waals surface area contributed by atoms with Gasteiger partial charge in [-0.1, -0.05) is 0 Å². The summed E-state index contributed by atoms with van der Waals surface area (Å²) < 4.78 is 30.3. The average molecular weight is 424 g/mol. The zero-order valence-corrected chi connectivity index (χ0v) is 17.4. The zero-order chi connectivity index (χ0) is 21.9. The summed E-state index contributed by atoms with van der Waals surface area (Å²) in [6.07, 6.45) is 4.41. The van der Waals surface area contributed by atoms with Crippen LogP contribution in [0.1, 0.15) is 18.9 Å². The van der Waals surface area contributed by atoms with Crippen molar-refractivity contribution in [2.75, 3.05) is 23.8 Å². The van der Waals surface area contributed by atoms with Gasteiger partial charge in [-0.2, -0.15) is 5.10 Å². The van der Waals surface area contributed by atoms with Crippen LogP contribution in [0.4, 0.5) is 20.3 Å². The van der Waals surface area contributed by atoms with Crippen LogP contribution in [0.2, 0.25) is 0 Å². The number of fused-ring (bicyclic) bond motifs is 2. The molecule has 9 heteroatoms. The monoisotopic (exact) mass is 424 g/mol. The Labute approximate surface area is 177 Å². The van der Waals surface area contributed by atoms with Gasteiger partial charge in [0, 0.05) is 30.7 Å². The summed E-state index contributed by atoms with van der Waals surface area (Å²) in [6, 6.07) is 3.67. The predicted octanol–water partition coefficient (Wildman–Crippen LogP) is 4.08. The van der Waals surface area contributed by atoms with Gasteiger partial charge in [0.25, 0.3) is 0 Å². The van der Waals surface area contributed by atoms with Crippen LogP contribution < -0.4 is 10.2 Å². The van der Waals surface area contributed by atoms with Crippen molar-refractivity contribution in [2.45, 2.75) is 26.4 Å². The minimum Gasteiger partial charge on any atom is -0.371 e. The first-order valence-corrected chi connectivity index (χ1v) is 10.2. The molecule has 0 bridgehead atoms. The number of H-pyrrole nitrogens is 1. The first-order chi connectivity index (χ1) is 14.9. The summed E-state index contributed by atoms with van der Waals surface area (Å²) in [5.41, 5.74) is 3.83. The molecule has 1 aliphatic rings. The second kappa shape index (κ2) is 7.04. The number of aromatic nitrogens is 4. The number of carbonyl (C=O) groups excluding carboxylic acids is 1. The van der Waals surface area contributed by atoms with E-state index in [1.54, 1.807) is 29.8 Å². The molecule has 2 atom stereocenters. The van der Waals surface area contributed by atoms with E-state index in [2.05, 4.69) is 20.5 Å². The second-order valence-corrected chi connectivity index (χ2v) is 7.99. The molecule has 31 heavy (non-hydrogen) atoms. The normalized spacial score (nSPS) is 18.0. The van der Waals surface area contributed by atoms with Crippen molar-refractivity contribution < 1.29 is 13.6 Å². The molecule has 2 N–H and O–H groups in total. The molecular weight excluding hydrogens is 402 g/mol. The maximum absolute atomic E-state index is 15.4. The number of nitrogens with one attached hydrogen (secondary N) is 2. The Bertz CT molecular complexity index is 1330. The van der Waals surface area contributed by atoms with Crippen LogP contribution in [0.25, 0.3) is 27.7 Å². The number of pyridine rings is 1. The number of alkyl halides is 1. The SMILES string of the molecule is CCN(C)c1c(F)c(C)c(-c2ccc3nc(NC(=O)C4CC4F)cn3c2)c2cn[nH]c12. The summed E-state index contributed by atoms with van der Waals surface area (Å²) >= 11 is 0. The van der Waals surface area contributed by atoms with Crippen LogP contribution in [-0.4, -0.2) is 45.3 Å². The van der Waals surface area contributed by atoms with Crippen LogP contribution in [0.5, 0.6) is 0 Å². The van der Waals surface area contributed by atoms with Crippen molar-refractivity contribution in [1.29, 1.82) is 0 Å². The van der Waals surface area contributed by atoms with E-state index < -0.39 is 12.1 Å². The summed E-state index contributed by atoms with van der Waals surface area (Å²) in [7, 11) is 1.85. The lowest BCUT2D eigenvalue weighted by Crippen LogP contribution is -2.18. The topological polar surface area (TPSA) is 78.3 Å². The minimum absolute atomic E-state index is 0.262. The van der Waals surface area contributed by atoms with Crippen LogP contribution in [0, 0.1) is 18.7 Å². The summed E-state index contributed by atoms with van der Waals surface area (Å²) in [4.78, 5) is 18.2. The Kier molecular flexibility index (Phi) is 4.42. The fraction of sp³-hybridized carbons (Fsp3) is 0.318. The molecule has 0 radical (unpaired) electrons. The molecule has 1 fully saturated rings. The minimum atomic E-state index is -1.06. The number of hydrogen-bond donors (Lipinski definition) is 2. The summed E-state index contributed by atoms with van der Waals surface area (Å²) in [5, 5.41) is 10.6. The predicted molar refractivity (Wildman–Crippen MR) is 116 cm³/mol. The van der Waals surface area contributed by atoms with Gasteiger partial charge < -0.3 is 14.6 Å². The molecule has 5 rings (SSSR count). The van der Waals surface area contributed by atoms with Gasteiger partial charge in [0.1, 0.15) is 11.8 Å². The van der Waals surface area contributed by atoms with E-state index in [0.29, 0.717) is 34.8 Å². The molecule has 7 nitrogen and oxygen atoms in total. The van der Waals surface area contributed by atoms with Crippen molar-refractivity contribution in [3.05, 3.63) is 42.1 Å². The molecule has 1 aliphatic carbocycles. The van der Waals surface area contributed by atoms with Gasteiger partial charge in [-0.05, 0) is 43.5 Å². The van der Waals surface area contributed by atoms with E-state index in [1.807, 2.05) is 31.1 Å². The van der Waals surface area contributed by atoms with Crippen LogP contribution in [-0.2, 0) is 4.79 Å². The number of halogens is 2. The van der Waals surface area contributed by atoms with E-state index in [4.69, 9.17) is 0 Å². The molecule has 0 aliphatic heterocycles. The molecule has 4 aromatic rings. The van der Waals surface area contributed by atoms with Crippen molar-refractivity contribution in [1.82, 2.24) is 19.6 Å². The number of imidazole rings is 1. The number of amides is 1. The first kappa shape index (κ1) is 19.5. The van der Waals surface area contributed by atoms with Gasteiger partial charge in [0.05, 0.1) is 29.5 Å². The van der Waals surface area contributed by atoms with Gasteiger partial charge in [-0.15, -0.1) is 0 Å². The molecule has 0 spiro atoms. The second-order valence-electron chi connectivity index (χ2n) is 7.99. The largest absolute Gasteiger partial charge is 0.371 e.